The molecule has 0 saturated carbocycles. The Hall–Kier alpha value is -1.62. The molecule has 1 fully saturated rings. The number of aromatic nitrogens is 1. The minimum absolute atomic E-state index is 0.123. The van der Waals surface area contributed by atoms with E-state index in [4.69, 9.17) is 4.74 Å². The van der Waals surface area contributed by atoms with Gasteiger partial charge in [0.25, 0.3) is 0 Å². The maximum atomic E-state index is 11.4. The zero-order valence-electron chi connectivity index (χ0n) is 11.6. The Morgan fingerprint density at radius 2 is 2.32 bits per heavy atom. The molecule has 0 aliphatic carbocycles. The first-order valence-electron chi connectivity index (χ1n) is 6.51. The highest BCUT2D eigenvalue weighted by atomic mass is 16.5. The smallest absolute Gasteiger partial charge is 0.339 e. The average Bonchev–Trinajstić information content (AvgIpc) is 2.38. The van der Waals surface area contributed by atoms with Crippen molar-refractivity contribution in [2.75, 3.05) is 25.1 Å². The summed E-state index contributed by atoms with van der Waals surface area (Å²) in [6.45, 7) is 5.47. The maximum Gasteiger partial charge on any atom is 0.339 e. The quantitative estimate of drug-likeness (QED) is 0.904. The Morgan fingerprint density at radius 1 is 1.58 bits per heavy atom. The molecule has 0 amide bonds. The van der Waals surface area contributed by atoms with Gasteiger partial charge in [0.15, 0.2) is 0 Å². The van der Waals surface area contributed by atoms with Crippen molar-refractivity contribution in [1.29, 1.82) is 0 Å². The van der Waals surface area contributed by atoms with Gasteiger partial charge in [-0.3, -0.25) is 0 Å². The summed E-state index contributed by atoms with van der Waals surface area (Å²) in [7, 11) is 1.70. The topological polar surface area (TPSA) is 62.7 Å². The molecule has 2 atom stereocenters. The molecule has 5 heteroatoms. The molecular weight excluding hydrogens is 244 g/mol. The Kier molecular flexibility index (Phi) is 4.04. The normalized spacial score (nSPS) is 23.4. The Bertz CT molecular complexity index is 476. The third-order valence-electron chi connectivity index (χ3n) is 3.84. The number of nitrogens with zero attached hydrogens (tertiary/aromatic N) is 2. The van der Waals surface area contributed by atoms with E-state index >= 15 is 0 Å². The summed E-state index contributed by atoms with van der Waals surface area (Å²) in [6.07, 6.45) is 2.77. The van der Waals surface area contributed by atoms with Gasteiger partial charge in [0.2, 0.25) is 0 Å². The molecule has 19 heavy (non-hydrogen) atoms. The number of hydrogen-bond donors (Lipinski definition) is 1. The monoisotopic (exact) mass is 264 g/mol. The summed E-state index contributed by atoms with van der Waals surface area (Å²) in [5, 5.41) is 9.35. The highest BCUT2D eigenvalue weighted by Gasteiger charge is 2.29. The van der Waals surface area contributed by atoms with Gasteiger partial charge in [0, 0.05) is 26.4 Å². The number of pyridine rings is 1. The van der Waals surface area contributed by atoms with Gasteiger partial charge in [-0.15, -0.1) is 0 Å². The number of carboxylic acid groups (broad SMARTS) is 1. The molecule has 0 bridgehead atoms. The standard InChI is InChI=1S/C14H20N2O3/c1-9-5-7-16(8-11(9)19-3)13-12(14(17)18)10(2)4-6-15-13/h4,6,9,11H,5,7-8H2,1-3H3,(H,17,18). The first-order valence-corrected chi connectivity index (χ1v) is 6.51. The van der Waals surface area contributed by atoms with Gasteiger partial charge in [0.05, 0.1) is 6.10 Å². The van der Waals surface area contributed by atoms with Crippen LogP contribution in [0, 0.1) is 12.8 Å². The van der Waals surface area contributed by atoms with E-state index in [0.29, 0.717) is 23.8 Å². The molecule has 1 aromatic rings. The number of aromatic carboxylic acids is 1. The van der Waals surface area contributed by atoms with E-state index in [1.165, 1.54) is 0 Å². The number of rotatable bonds is 3. The Balaban J connectivity index is 2.32. The maximum absolute atomic E-state index is 11.4. The van der Waals surface area contributed by atoms with Crippen molar-refractivity contribution < 1.29 is 14.6 Å². The first kappa shape index (κ1) is 13.8. The van der Waals surface area contributed by atoms with Gasteiger partial charge in [-0.2, -0.15) is 0 Å². The molecule has 1 aliphatic heterocycles. The van der Waals surface area contributed by atoms with Crippen LogP contribution in [-0.2, 0) is 4.74 Å². The lowest BCUT2D eigenvalue weighted by atomic mass is 9.95. The second-order valence-electron chi connectivity index (χ2n) is 5.12. The van der Waals surface area contributed by atoms with Gasteiger partial charge >= 0.3 is 5.97 Å². The minimum Gasteiger partial charge on any atom is -0.478 e. The van der Waals surface area contributed by atoms with E-state index in [9.17, 15) is 9.90 Å². The van der Waals surface area contributed by atoms with E-state index < -0.39 is 5.97 Å². The van der Waals surface area contributed by atoms with Crippen LogP contribution in [-0.4, -0.2) is 42.4 Å². The van der Waals surface area contributed by atoms with Crippen molar-refractivity contribution in [3.05, 3.63) is 23.4 Å². The molecule has 1 aliphatic rings. The van der Waals surface area contributed by atoms with Crippen LogP contribution >= 0.6 is 0 Å². The van der Waals surface area contributed by atoms with Crippen LogP contribution in [0.4, 0.5) is 5.82 Å². The summed E-state index contributed by atoms with van der Waals surface area (Å²) in [6, 6.07) is 1.73. The second-order valence-corrected chi connectivity index (χ2v) is 5.12. The minimum atomic E-state index is -0.923. The summed E-state index contributed by atoms with van der Waals surface area (Å²) in [4.78, 5) is 17.7. The number of ether oxygens (including phenoxy) is 1. The van der Waals surface area contributed by atoms with Gasteiger partial charge in [-0.25, -0.2) is 9.78 Å². The van der Waals surface area contributed by atoms with Crippen molar-refractivity contribution in [1.82, 2.24) is 4.98 Å². The molecular formula is C14H20N2O3. The fourth-order valence-electron chi connectivity index (χ4n) is 2.58. The number of carboxylic acids is 1. The molecule has 5 nitrogen and oxygen atoms in total. The molecule has 2 unspecified atom stereocenters. The zero-order chi connectivity index (χ0) is 14.0. The molecule has 2 heterocycles. The van der Waals surface area contributed by atoms with E-state index in [0.717, 1.165) is 18.5 Å². The molecule has 1 saturated heterocycles. The molecule has 1 N–H and O–H groups in total. The van der Waals surface area contributed by atoms with Gasteiger partial charge in [0.1, 0.15) is 11.4 Å². The second kappa shape index (κ2) is 5.57. The van der Waals surface area contributed by atoms with Crippen molar-refractivity contribution in [3.8, 4) is 0 Å². The van der Waals surface area contributed by atoms with E-state index in [1.54, 1.807) is 26.3 Å². The molecule has 2 rings (SSSR count). The largest absolute Gasteiger partial charge is 0.478 e. The van der Waals surface area contributed by atoms with Crippen LogP contribution in [0.25, 0.3) is 0 Å². The number of aryl methyl sites for hydroxylation is 1. The van der Waals surface area contributed by atoms with Crippen LogP contribution in [0.1, 0.15) is 29.3 Å². The Labute approximate surface area is 113 Å². The molecule has 0 spiro atoms. The number of carbonyl (C=O) groups is 1. The summed E-state index contributed by atoms with van der Waals surface area (Å²) in [5.74, 6) is 0.119. The van der Waals surface area contributed by atoms with E-state index in [2.05, 4.69) is 11.9 Å². The lowest BCUT2D eigenvalue weighted by Gasteiger charge is -2.37. The van der Waals surface area contributed by atoms with Crippen molar-refractivity contribution in [2.45, 2.75) is 26.4 Å². The molecule has 0 radical (unpaired) electrons. The summed E-state index contributed by atoms with van der Waals surface area (Å²) in [5.41, 5.74) is 1.04. The average molecular weight is 264 g/mol. The fourth-order valence-corrected chi connectivity index (χ4v) is 2.58. The first-order chi connectivity index (χ1) is 9.04. The molecule has 1 aromatic heterocycles. The third-order valence-corrected chi connectivity index (χ3v) is 3.84. The van der Waals surface area contributed by atoms with Gasteiger partial charge in [-0.05, 0) is 30.9 Å². The highest BCUT2D eigenvalue weighted by Crippen LogP contribution is 2.27. The lowest BCUT2D eigenvalue weighted by Crippen LogP contribution is -2.44. The van der Waals surface area contributed by atoms with Crippen molar-refractivity contribution in [3.63, 3.8) is 0 Å². The SMILES string of the molecule is COC1CN(c2nccc(C)c2C(=O)O)CCC1C. The molecule has 0 aromatic carbocycles. The Morgan fingerprint density at radius 3 is 2.95 bits per heavy atom. The van der Waals surface area contributed by atoms with Crippen LogP contribution in [0.5, 0.6) is 0 Å². The zero-order valence-corrected chi connectivity index (χ0v) is 11.6. The van der Waals surface area contributed by atoms with Crippen molar-refractivity contribution >= 4 is 11.8 Å². The fraction of sp³-hybridized carbons (Fsp3) is 0.571. The predicted octanol–water partition coefficient (Wildman–Crippen LogP) is 1.95. The summed E-state index contributed by atoms with van der Waals surface area (Å²) < 4.78 is 5.47. The number of piperidine rings is 1. The third kappa shape index (κ3) is 2.71. The lowest BCUT2D eigenvalue weighted by molar-refractivity contribution is 0.0494. The van der Waals surface area contributed by atoms with Gasteiger partial charge in [-0.1, -0.05) is 6.92 Å². The van der Waals surface area contributed by atoms with Crippen LogP contribution in [0.2, 0.25) is 0 Å². The van der Waals surface area contributed by atoms with E-state index in [1.807, 2.05) is 4.90 Å². The number of hydrogen-bond acceptors (Lipinski definition) is 4. The van der Waals surface area contributed by atoms with Gasteiger partial charge < -0.3 is 14.7 Å². The summed E-state index contributed by atoms with van der Waals surface area (Å²) >= 11 is 0. The van der Waals surface area contributed by atoms with Crippen LogP contribution in [0.3, 0.4) is 0 Å². The number of anilines is 1. The molecule has 104 valence electrons. The predicted molar refractivity (Wildman–Crippen MR) is 72.7 cm³/mol. The van der Waals surface area contributed by atoms with Crippen molar-refractivity contribution in [2.24, 2.45) is 5.92 Å². The van der Waals surface area contributed by atoms with Crippen LogP contribution in [0.15, 0.2) is 12.3 Å². The van der Waals surface area contributed by atoms with Crippen LogP contribution < -0.4 is 4.90 Å². The highest BCUT2D eigenvalue weighted by molar-refractivity contribution is 5.95. The van der Waals surface area contributed by atoms with E-state index in [-0.39, 0.29) is 6.10 Å². The number of methoxy groups -OCH3 is 1.